The molecule has 0 bridgehead atoms. The minimum absolute atomic E-state index is 0.0767. The van der Waals surface area contributed by atoms with Gasteiger partial charge in [0, 0.05) is 12.1 Å². The van der Waals surface area contributed by atoms with Gasteiger partial charge in [0.2, 0.25) is 5.88 Å². The Hall–Kier alpha value is -3.68. The third kappa shape index (κ3) is 4.78. The average Bonchev–Trinajstić information content (AvgIpc) is 2.70. The summed E-state index contributed by atoms with van der Waals surface area (Å²) in [6.45, 7) is 3.46. The lowest BCUT2D eigenvalue weighted by Gasteiger charge is -2.16. The van der Waals surface area contributed by atoms with Crippen LogP contribution in [0.15, 0.2) is 59.4 Å². The van der Waals surface area contributed by atoms with Crippen LogP contribution < -0.4 is 20.3 Å². The van der Waals surface area contributed by atoms with Gasteiger partial charge in [-0.05, 0) is 55.8 Å². The van der Waals surface area contributed by atoms with Gasteiger partial charge in [0.05, 0.1) is 18.5 Å². The Bertz CT molecular complexity index is 1080. The number of carbonyl (C=O) groups excluding carboxylic acids is 1. The van der Waals surface area contributed by atoms with Crippen LogP contribution in [0, 0.1) is 12.7 Å². The van der Waals surface area contributed by atoms with E-state index in [0.29, 0.717) is 17.1 Å². The number of ether oxygens (including phenoxy) is 2. The van der Waals surface area contributed by atoms with Crippen LogP contribution in [-0.4, -0.2) is 28.9 Å². The van der Waals surface area contributed by atoms with Crippen molar-refractivity contribution in [2.45, 2.75) is 20.0 Å². The molecule has 29 heavy (non-hydrogen) atoms. The Kier molecular flexibility index (Phi) is 5.92. The molecule has 1 amide bonds. The van der Waals surface area contributed by atoms with Crippen LogP contribution in [0.4, 0.5) is 10.1 Å². The van der Waals surface area contributed by atoms with Crippen molar-refractivity contribution in [2.24, 2.45) is 0 Å². The summed E-state index contributed by atoms with van der Waals surface area (Å²) in [5.41, 5.74) is 1.45. The lowest BCUT2D eigenvalue weighted by molar-refractivity contribution is -0.122. The zero-order valence-corrected chi connectivity index (χ0v) is 16.2. The number of aromatic nitrogens is 2. The molecular weight excluding hydrogens is 377 g/mol. The second-order valence-corrected chi connectivity index (χ2v) is 6.35. The van der Waals surface area contributed by atoms with Crippen molar-refractivity contribution in [2.75, 3.05) is 12.4 Å². The van der Waals surface area contributed by atoms with E-state index in [1.54, 1.807) is 19.1 Å². The van der Waals surface area contributed by atoms with Gasteiger partial charge in [0.1, 0.15) is 11.6 Å². The largest absolute Gasteiger partial charge is 0.495 e. The first-order chi connectivity index (χ1) is 13.9. The van der Waals surface area contributed by atoms with Crippen LogP contribution >= 0.6 is 0 Å². The molecule has 3 aromatic rings. The number of halogens is 1. The van der Waals surface area contributed by atoms with E-state index in [-0.39, 0.29) is 5.88 Å². The number of amides is 1. The smallest absolute Gasteiger partial charge is 0.271 e. The number of rotatable bonds is 6. The fourth-order valence-electron chi connectivity index (χ4n) is 2.61. The summed E-state index contributed by atoms with van der Waals surface area (Å²) >= 11 is 0. The maximum Gasteiger partial charge on any atom is 0.271 e. The standard InChI is InChI=1S/C21H20FN3O4/c1-13-4-9-18(28-3)17(12-13)23-21(27)14(2)29-19-10-11-20(26)25(24-19)16-7-5-15(22)6-8-16/h4-12,14H,1-3H3,(H,23,27). The maximum absolute atomic E-state index is 13.1. The molecular formula is C21H20FN3O4. The Morgan fingerprint density at radius 3 is 2.55 bits per heavy atom. The summed E-state index contributed by atoms with van der Waals surface area (Å²) in [4.78, 5) is 24.6. The number of nitrogens with one attached hydrogen (secondary N) is 1. The summed E-state index contributed by atoms with van der Waals surface area (Å²) in [5, 5.41) is 6.86. The van der Waals surface area contributed by atoms with Gasteiger partial charge in [-0.3, -0.25) is 9.59 Å². The minimum Gasteiger partial charge on any atom is -0.495 e. The highest BCUT2D eigenvalue weighted by Crippen LogP contribution is 2.25. The summed E-state index contributed by atoms with van der Waals surface area (Å²) < 4.78 is 25.0. The van der Waals surface area contributed by atoms with Crippen LogP contribution in [0.3, 0.4) is 0 Å². The van der Waals surface area contributed by atoms with Crippen molar-refractivity contribution < 1.29 is 18.7 Å². The molecule has 3 rings (SSSR count). The summed E-state index contributed by atoms with van der Waals surface area (Å²) in [5.74, 6) is -0.228. The molecule has 0 fully saturated rings. The van der Waals surface area contributed by atoms with Crippen LogP contribution in [0.25, 0.3) is 5.69 Å². The number of hydrogen-bond donors (Lipinski definition) is 1. The van der Waals surface area contributed by atoms with Crippen molar-refractivity contribution in [3.05, 3.63) is 76.3 Å². The molecule has 1 heterocycles. The Morgan fingerprint density at radius 1 is 1.14 bits per heavy atom. The van der Waals surface area contributed by atoms with E-state index in [0.717, 1.165) is 10.2 Å². The van der Waals surface area contributed by atoms with E-state index in [1.165, 1.54) is 43.5 Å². The van der Waals surface area contributed by atoms with E-state index in [4.69, 9.17) is 9.47 Å². The topological polar surface area (TPSA) is 82.5 Å². The van der Waals surface area contributed by atoms with Crippen LogP contribution in [0.2, 0.25) is 0 Å². The maximum atomic E-state index is 13.1. The lowest BCUT2D eigenvalue weighted by atomic mass is 10.2. The highest BCUT2D eigenvalue weighted by atomic mass is 19.1. The molecule has 0 aliphatic heterocycles. The van der Waals surface area contributed by atoms with Crippen molar-refractivity contribution in [1.82, 2.24) is 9.78 Å². The van der Waals surface area contributed by atoms with Crippen LogP contribution in [0.1, 0.15) is 12.5 Å². The van der Waals surface area contributed by atoms with Crippen molar-refractivity contribution in [3.63, 3.8) is 0 Å². The predicted octanol–water partition coefficient (Wildman–Crippen LogP) is 3.09. The van der Waals surface area contributed by atoms with Crippen molar-refractivity contribution >= 4 is 11.6 Å². The summed E-state index contributed by atoms with van der Waals surface area (Å²) in [7, 11) is 1.52. The van der Waals surface area contributed by atoms with E-state index < -0.39 is 23.4 Å². The number of hydrogen-bond acceptors (Lipinski definition) is 5. The average molecular weight is 397 g/mol. The first kappa shape index (κ1) is 20.1. The monoisotopic (exact) mass is 397 g/mol. The molecule has 0 saturated carbocycles. The number of nitrogens with zero attached hydrogens (tertiary/aromatic N) is 2. The second-order valence-electron chi connectivity index (χ2n) is 6.35. The SMILES string of the molecule is COc1ccc(C)cc1NC(=O)C(C)Oc1ccc(=O)n(-c2ccc(F)cc2)n1. The van der Waals surface area contributed by atoms with Crippen molar-refractivity contribution in [3.8, 4) is 17.3 Å². The molecule has 8 heteroatoms. The fraction of sp³-hybridized carbons (Fsp3) is 0.190. The highest BCUT2D eigenvalue weighted by Gasteiger charge is 2.18. The third-order valence-electron chi connectivity index (χ3n) is 4.13. The van der Waals surface area contributed by atoms with Gasteiger partial charge in [-0.1, -0.05) is 6.07 Å². The Morgan fingerprint density at radius 2 is 1.86 bits per heavy atom. The fourth-order valence-corrected chi connectivity index (χ4v) is 2.61. The zero-order valence-electron chi connectivity index (χ0n) is 16.2. The first-order valence-corrected chi connectivity index (χ1v) is 8.86. The zero-order chi connectivity index (χ0) is 21.0. The highest BCUT2D eigenvalue weighted by molar-refractivity contribution is 5.95. The molecule has 1 unspecified atom stereocenters. The Balaban J connectivity index is 1.77. The molecule has 2 aromatic carbocycles. The van der Waals surface area contributed by atoms with Crippen molar-refractivity contribution in [1.29, 1.82) is 0 Å². The van der Waals surface area contributed by atoms with Gasteiger partial charge in [0.25, 0.3) is 11.5 Å². The third-order valence-corrected chi connectivity index (χ3v) is 4.13. The number of aryl methyl sites for hydroxylation is 1. The van der Waals surface area contributed by atoms with Gasteiger partial charge in [-0.25, -0.2) is 4.39 Å². The number of methoxy groups -OCH3 is 1. The van der Waals surface area contributed by atoms with Gasteiger partial charge < -0.3 is 14.8 Å². The van der Waals surface area contributed by atoms with E-state index in [1.807, 2.05) is 13.0 Å². The normalized spacial score (nSPS) is 11.6. The number of benzene rings is 2. The molecule has 0 spiro atoms. The van der Waals surface area contributed by atoms with E-state index in [2.05, 4.69) is 10.4 Å². The molecule has 0 aliphatic rings. The van der Waals surface area contributed by atoms with Gasteiger partial charge in [-0.15, -0.1) is 5.10 Å². The van der Waals surface area contributed by atoms with E-state index in [9.17, 15) is 14.0 Å². The lowest BCUT2D eigenvalue weighted by Crippen LogP contribution is -2.31. The number of anilines is 1. The van der Waals surface area contributed by atoms with Crippen LogP contribution in [-0.2, 0) is 4.79 Å². The van der Waals surface area contributed by atoms with E-state index >= 15 is 0 Å². The molecule has 0 radical (unpaired) electrons. The van der Waals surface area contributed by atoms with Gasteiger partial charge in [-0.2, -0.15) is 4.68 Å². The molecule has 0 saturated heterocycles. The molecule has 1 atom stereocenters. The Labute approximate surface area is 166 Å². The minimum atomic E-state index is -0.896. The molecule has 7 nitrogen and oxygen atoms in total. The molecule has 1 N–H and O–H groups in total. The van der Waals surface area contributed by atoms with Gasteiger partial charge >= 0.3 is 0 Å². The number of carbonyl (C=O) groups is 1. The van der Waals surface area contributed by atoms with Gasteiger partial charge in [0.15, 0.2) is 6.10 Å². The molecule has 150 valence electrons. The summed E-state index contributed by atoms with van der Waals surface area (Å²) in [6.07, 6.45) is -0.896. The molecule has 0 aliphatic carbocycles. The molecule has 1 aromatic heterocycles. The quantitative estimate of drug-likeness (QED) is 0.691. The van der Waals surface area contributed by atoms with Crippen LogP contribution in [0.5, 0.6) is 11.6 Å². The predicted molar refractivity (Wildman–Crippen MR) is 106 cm³/mol. The summed E-state index contributed by atoms with van der Waals surface area (Å²) in [6, 6.07) is 13.4. The first-order valence-electron chi connectivity index (χ1n) is 8.86. The second kappa shape index (κ2) is 8.55.